The molecule has 0 aromatic carbocycles. The maximum atomic E-state index is 12.1. The maximum Gasteiger partial charge on any atom is 0.221 e. The van der Waals surface area contributed by atoms with Gasteiger partial charge in [-0.15, -0.1) is 0 Å². The molecule has 0 aliphatic heterocycles. The van der Waals surface area contributed by atoms with E-state index in [4.69, 9.17) is 5.73 Å². The van der Waals surface area contributed by atoms with Gasteiger partial charge >= 0.3 is 0 Å². The summed E-state index contributed by atoms with van der Waals surface area (Å²) < 4.78 is 0. The van der Waals surface area contributed by atoms with E-state index in [9.17, 15) is 4.79 Å². The number of hydrogen-bond donors (Lipinski definition) is 2. The first-order valence-electron chi connectivity index (χ1n) is 13.9. The van der Waals surface area contributed by atoms with Crippen LogP contribution in [0, 0.1) is 0 Å². The third-order valence-corrected chi connectivity index (χ3v) is 6.28. The lowest BCUT2D eigenvalue weighted by Gasteiger charge is -2.21. The molecule has 0 bridgehead atoms. The summed E-state index contributed by atoms with van der Waals surface area (Å²) in [7, 11) is 0. The zero-order chi connectivity index (χ0) is 22.8. The second-order valence-electron chi connectivity index (χ2n) is 9.39. The first kappa shape index (κ1) is 30.4. The summed E-state index contributed by atoms with van der Waals surface area (Å²) in [5.74, 6) is 0.199. The SMILES string of the molecule is CCCCCCCCCCCCCCCCNC(=O)CCN(CCN)CCCCCC. The minimum Gasteiger partial charge on any atom is -0.356 e. The number of amides is 1. The molecule has 3 N–H and O–H groups in total. The van der Waals surface area contributed by atoms with E-state index >= 15 is 0 Å². The van der Waals surface area contributed by atoms with Crippen molar-refractivity contribution in [2.45, 2.75) is 136 Å². The van der Waals surface area contributed by atoms with Gasteiger partial charge in [0.25, 0.3) is 0 Å². The van der Waals surface area contributed by atoms with Crippen LogP contribution in [0.25, 0.3) is 0 Å². The van der Waals surface area contributed by atoms with E-state index in [0.29, 0.717) is 13.0 Å². The van der Waals surface area contributed by atoms with E-state index in [2.05, 4.69) is 24.1 Å². The van der Waals surface area contributed by atoms with Gasteiger partial charge in [0, 0.05) is 32.6 Å². The Labute approximate surface area is 195 Å². The van der Waals surface area contributed by atoms with Crippen molar-refractivity contribution in [1.82, 2.24) is 10.2 Å². The summed E-state index contributed by atoms with van der Waals surface area (Å²) in [6.45, 7) is 8.85. The minimum atomic E-state index is 0.199. The molecule has 4 nitrogen and oxygen atoms in total. The molecule has 0 spiro atoms. The molecule has 0 fully saturated rings. The standard InChI is InChI=1S/C27H57N3O/c1-3-5-7-9-10-11-12-13-14-15-16-17-18-19-23-29-27(31)21-25-30(26-22-28)24-20-8-6-4-2/h3-26,28H2,1-2H3,(H,29,31). The molecule has 0 atom stereocenters. The monoisotopic (exact) mass is 439 g/mol. The summed E-state index contributed by atoms with van der Waals surface area (Å²) in [4.78, 5) is 14.4. The zero-order valence-electron chi connectivity index (χ0n) is 21.4. The highest BCUT2D eigenvalue weighted by Gasteiger charge is 2.07. The summed E-state index contributed by atoms with van der Waals surface area (Å²) in [5.41, 5.74) is 5.72. The molecule has 0 heterocycles. The van der Waals surface area contributed by atoms with Crippen molar-refractivity contribution in [2.24, 2.45) is 5.73 Å². The molecule has 0 rings (SSSR count). The molecule has 0 aromatic rings. The van der Waals surface area contributed by atoms with Crippen LogP contribution in [0.5, 0.6) is 0 Å². The van der Waals surface area contributed by atoms with E-state index in [1.165, 1.54) is 109 Å². The predicted octanol–water partition coefficient (Wildman–Crippen LogP) is 6.82. The average molecular weight is 440 g/mol. The average Bonchev–Trinajstić information content (AvgIpc) is 2.77. The molecule has 0 unspecified atom stereocenters. The molecule has 0 aliphatic carbocycles. The van der Waals surface area contributed by atoms with E-state index in [1.54, 1.807) is 0 Å². The lowest BCUT2D eigenvalue weighted by Crippen LogP contribution is -2.35. The number of nitrogens with zero attached hydrogens (tertiary/aromatic N) is 1. The molecule has 0 saturated carbocycles. The molecule has 0 radical (unpaired) electrons. The Bertz CT molecular complexity index is 362. The number of hydrogen-bond acceptors (Lipinski definition) is 3. The maximum absolute atomic E-state index is 12.1. The number of nitrogens with two attached hydrogens (primary N) is 1. The highest BCUT2D eigenvalue weighted by Crippen LogP contribution is 2.12. The lowest BCUT2D eigenvalue weighted by molar-refractivity contribution is -0.121. The third kappa shape index (κ3) is 23.9. The van der Waals surface area contributed by atoms with Crippen molar-refractivity contribution in [2.75, 3.05) is 32.7 Å². The van der Waals surface area contributed by atoms with Crippen molar-refractivity contribution in [3.8, 4) is 0 Å². The van der Waals surface area contributed by atoms with Crippen molar-refractivity contribution < 1.29 is 4.79 Å². The largest absolute Gasteiger partial charge is 0.356 e. The number of carbonyl (C=O) groups excluding carboxylic acids is 1. The first-order valence-corrected chi connectivity index (χ1v) is 13.9. The smallest absolute Gasteiger partial charge is 0.221 e. The van der Waals surface area contributed by atoms with Gasteiger partial charge in [0.1, 0.15) is 0 Å². The summed E-state index contributed by atoms with van der Waals surface area (Å²) in [5, 5.41) is 3.10. The van der Waals surface area contributed by atoms with Crippen molar-refractivity contribution in [1.29, 1.82) is 0 Å². The first-order chi connectivity index (χ1) is 15.2. The molecule has 1 amide bonds. The highest BCUT2D eigenvalue weighted by atomic mass is 16.1. The van der Waals surface area contributed by atoms with Crippen LogP contribution in [-0.2, 0) is 4.79 Å². The van der Waals surface area contributed by atoms with Gasteiger partial charge in [-0.2, -0.15) is 0 Å². The highest BCUT2D eigenvalue weighted by molar-refractivity contribution is 5.75. The Kier molecular flexibility index (Phi) is 25.1. The number of unbranched alkanes of at least 4 members (excludes halogenated alkanes) is 16. The van der Waals surface area contributed by atoms with Crippen LogP contribution in [0.15, 0.2) is 0 Å². The van der Waals surface area contributed by atoms with Crippen molar-refractivity contribution >= 4 is 5.91 Å². The molecule has 4 heteroatoms. The fourth-order valence-corrected chi connectivity index (χ4v) is 4.18. The quantitative estimate of drug-likeness (QED) is 0.153. The molecule has 186 valence electrons. The summed E-state index contributed by atoms with van der Waals surface area (Å²) >= 11 is 0. The molecule has 0 aliphatic rings. The Morgan fingerprint density at radius 1 is 0.613 bits per heavy atom. The Balaban J connectivity index is 3.41. The number of carbonyl (C=O) groups is 1. The second kappa shape index (κ2) is 25.6. The van der Waals surface area contributed by atoms with Crippen molar-refractivity contribution in [3.63, 3.8) is 0 Å². The molecule has 0 saturated heterocycles. The normalized spacial score (nSPS) is 11.4. The molecule has 0 aromatic heterocycles. The van der Waals surface area contributed by atoms with Crippen LogP contribution >= 0.6 is 0 Å². The fourth-order valence-electron chi connectivity index (χ4n) is 4.18. The van der Waals surface area contributed by atoms with E-state index in [1.807, 2.05) is 0 Å². The van der Waals surface area contributed by atoms with E-state index in [0.717, 1.165) is 32.6 Å². The number of nitrogens with one attached hydrogen (secondary N) is 1. The van der Waals surface area contributed by atoms with Crippen LogP contribution in [-0.4, -0.2) is 43.5 Å². The van der Waals surface area contributed by atoms with Crippen molar-refractivity contribution in [3.05, 3.63) is 0 Å². The van der Waals surface area contributed by atoms with Gasteiger partial charge in [-0.1, -0.05) is 117 Å². The van der Waals surface area contributed by atoms with Crippen LogP contribution in [0.2, 0.25) is 0 Å². The number of rotatable bonds is 25. The Morgan fingerprint density at radius 2 is 1.06 bits per heavy atom. The predicted molar refractivity (Wildman–Crippen MR) is 138 cm³/mol. The minimum absolute atomic E-state index is 0.199. The van der Waals surface area contributed by atoms with Gasteiger partial charge in [0.05, 0.1) is 0 Å². The van der Waals surface area contributed by atoms with E-state index < -0.39 is 0 Å². The second-order valence-corrected chi connectivity index (χ2v) is 9.39. The molecular weight excluding hydrogens is 382 g/mol. The molecule has 31 heavy (non-hydrogen) atoms. The van der Waals surface area contributed by atoms with Crippen LogP contribution in [0.4, 0.5) is 0 Å². The van der Waals surface area contributed by atoms with Gasteiger partial charge in [-0.05, 0) is 19.4 Å². The van der Waals surface area contributed by atoms with Gasteiger partial charge in [0.2, 0.25) is 5.91 Å². The fraction of sp³-hybridized carbons (Fsp3) is 0.963. The van der Waals surface area contributed by atoms with E-state index in [-0.39, 0.29) is 5.91 Å². The van der Waals surface area contributed by atoms with Gasteiger partial charge in [0.15, 0.2) is 0 Å². The van der Waals surface area contributed by atoms with Gasteiger partial charge in [-0.25, -0.2) is 0 Å². The lowest BCUT2D eigenvalue weighted by atomic mass is 10.0. The summed E-state index contributed by atoms with van der Waals surface area (Å²) in [6.07, 6.45) is 24.9. The molecular formula is C27H57N3O. The van der Waals surface area contributed by atoms with Crippen LogP contribution in [0.1, 0.15) is 136 Å². The Hall–Kier alpha value is -0.610. The zero-order valence-corrected chi connectivity index (χ0v) is 21.4. The van der Waals surface area contributed by atoms with Crippen LogP contribution in [0.3, 0.4) is 0 Å². The Morgan fingerprint density at radius 3 is 1.55 bits per heavy atom. The third-order valence-electron chi connectivity index (χ3n) is 6.28. The van der Waals surface area contributed by atoms with Gasteiger partial charge in [-0.3, -0.25) is 4.79 Å². The summed E-state index contributed by atoms with van der Waals surface area (Å²) in [6, 6.07) is 0. The van der Waals surface area contributed by atoms with Gasteiger partial charge < -0.3 is 16.0 Å². The topological polar surface area (TPSA) is 58.4 Å². The van der Waals surface area contributed by atoms with Crippen LogP contribution < -0.4 is 11.1 Å².